The minimum atomic E-state index is -0.277. The number of nitrogen functional groups attached to an aromatic ring is 1. The monoisotopic (exact) mass is 269 g/mol. The first kappa shape index (κ1) is 12.6. The molecule has 2 aromatic rings. The topological polar surface area (TPSA) is 75.4 Å². The summed E-state index contributed by atoms with van der Waals surface area (Å²) in [5.41, 5.74) is 7.45. The number of anilines is 1. The lowest BCUT2D eigenvalue weighted by Crippen LogP contribution is -2.43. The van der Waals surface area contributed by atoms with Crippen molar-refractivity contribution in [1.29, 1.82) is 0 Å². The van der Waals surface area contributed by atoms with Gasteiger partial charge >= 0.3 is 0 Å². The molecule has 0 radical (unpaired) electrons. The van der Waals surface area contributed by atoms with Gasteiger partial charge in [-0.05, 0) is 30.6 Å². The van der Waals surface area contributed by atoms with Gasteiger partial charge in [0, 0.05) is 29.7 Å². The number of imide groups is 1. The molecule has 3 rings (SSSR count). The number of rotatable bonds is 3. The van der Waals surface area contributed by atoms with Crippen molar-refractivity contribution in [1.82, 2.24) is 10.2 Å². The van der Waals surface area contributed by atoms with Gasteiger partial charge in [-0.3, -0.25) is 14.5 Å². The van der Waals surface area contributed by atoms with Crippen LogP contribution < -0.4 is 11.1 Å². The highest BCUT2D eigenvalue weighted by Gasteiger charge is 2.32. The average molecular weight is 269 g/mol. The highest BCUT2D eigenvalue weighted by molar-refractivity contribution is 6.25. The van der Waals surface area contributed by atoms with E-state index in [9.17, 15) is 9.59 Å². The van der Waals surface area contributed by atoms with Crippen LogP contribution in [0.2, 0.25) is 0 Å². The molecule has 102 valence electrons. The van der Waals surface area contributed by atoms with Gasteiger partial charge in [0.05, 0.1) is 5.56 Å². The highest BCUT2D eigenvalue weighted by atomic mass is 16.2. The van der Waals surface area contributed by atoms with Gasteiger partial charge in [0.25, 0.3) is 11.8 Å². The Bertz CT molecular complexity index is 724. The third-order valence-corrected chi connectivity index (χ3v) is 3.54. The van der Waals surface area contributed by atoms with Crippen LogP contribution in [0.3, 0.4) is 0 Å². The summed E-state index contributed by atoms with van der Waals surface area (Å²) in [4.78, 5) is 26.2. The molecule has 1 aliphatic rings. The SMILES string of the molecule is CNCCN1C(=O)c2cccc3cc(N)cc(c23)C1=O. The van der Waals surface area contributed by atoms with Gasteiger partial charge in [-0.2, -0.15) is 0 Å². The lowest BCUT2D eigenvalue weighted by Gasteiger charge is -2.27. The van der Waals surface area contributed by atoms with Crippen LogP contribution in [0.4, 0.5) is 5.69 Å². The van der Waals surface area contributed by atoms with Gasteiger partial charge < -0.3 is 11.1 Å². The highest BCUT2D eigenvalue weighted by Crippen LogP contribution is 2.31. The van der Waals surface area contributed by atoms with E-state index in [1.54, 1.807) is 25.2 Å². The zero-order valence-corrected chi connectivity index (χ0v) is 11.1. The minimum Gasteiger partial charge on any atom is -0.399 e. The number of hydrogen-bond donors (Lipinski definition) is 2. The summed E-state index contributed by atoms with van der Waals surface area (Å²) in [7, 11) is 1.78. The zero-order chi connectivity index (χ0) is 14.3. The largest absolute Gasteiger partial charge is 0.399 e. The second-order valence-electron chi connectivity index (χ2n) is 4.84. The van der Waals surface area contributed by atoms with Gasteiger partial charge in [-0.25, -0.2) is 0 Å². The van der Waals surface area contributed by atoms with E-state index in [0.717, 1.165) is 5.39 Å². The van der Waals surface area contributed by atoms with E-state index in [1.165, 1.54) is 4.90 Å². The molecule has 0 aromatic heterocycles. The van der Waals surface area contributed by atoms with Crippen molar-refractivity contribution >= 4 is 28.3 Å². The lowest BCUT2D eigenvalue weighted by molar-refractivity contribution is 0.0613. The van der Waals surface area contributed by atoms with E-state index in [0.29, 0.717) is 35.3 Å². The van der Waals surface area contributed by atoms with E-state index in [1.807, 2.05) is 12.1 Å². The molecular weight excluding hydrogens is 254 g/mol. The summed E-state index contributed by atoms with van der Waals surface area (Å²) in [6.07, 6.45) is 0. The first-order valence-corrected chi connectivity index (χ1v) is 6.46. The molecule has 0 atom stereocenters. The van der Waals surface area contributed by atoms with Crippen molar-refractivity contribution in [3.05, 3.63) is 41.5 Å². The number of carbonyl (C=O) groups excluding carboxylic acids is 2. The Balaban J connectivity index is 2.23. The van der Waals surface area contributed by atoms with Gasteiger partial charge in [0.15, 0.2) is 0 Å². The van der Waals surface area contributed by atoms with Crippen LogP contribution in [-0.2, 0) is 0 Å². The van der Waals surface area contributed by atoms with Crippen LogP contribution in [0.15, 0.2) is 30.3 Å². The van der Waals surface area contributed by atoms with Crippen molar-refractivity contribution in [3.63, 3.8) is 0 Å². The fraction of sp³-hybridized carbons (Fsp3) is 0.200. The molecule has 0 unspecified atom stereocenters. The molecule has 1 heterocycles. The third-order valence-electron chi connectivity index (χ3n) is 3.54. The number of nitrogens with two attached hydrogens (primary N) is 1. The number of amides is 2. The first-order chi connectivity index (χ1) is 9.63. The number of benzene rings is 2. The Hall–Kier alpha value is -2.40. The maximum Gasteiger partial charge on any atom is 0.261 e. The fourth-order valence-corrected chi connectivity index (χ4v) is 2.61. The smallest absolute Gasteiger partial charge is 0.261 e. The van der Waals surface area contributed by atoms with Crippen LogP contribution in [0, 0.1) is 0 Å². The summed E-state index contributed by atoms with van der Waals surface area (Å²) in [6, 6.07) is 8.86. The average Bonchev–Trinajstić information content (AvgIpc) is 2.44. The molecule has 0 saturated heterocycles. The van der Waals surface area contributed by atoms with Crippen molar-refractivity contribution in [2.24, 2.45) is 0 Å². The summed E-state index contributed by atoms with van der Waals surface area (Å²) < 4.78 is 0. The summed E-state index contributed by atoms with van der Waals surface area (Å²) in [5.74, 6) is -0.519. The van der Waals surface area contributed by atoms with Gasteiger partial charge in [0.2, 0.25) is 0 Å². The number of nitrogens with zero attached hydrogens (tertiary/aromatic N) is 1. The number of hydrogen-bond acceptors (Lipinski definition) is 4. The van der Waals surface area contributed by atoms with Crippen LogP contribution >= 0.6 is 0 Å². The molecule has 0 aliphatic carbocycles. The first-order valence-electron chi connectivity index (χ1n) is 6.46. The van der Waals surface area contributed by atoms with E-state index in [4.69, 9.17) is 5.73 Å². The summed E-state index contributed by atoms with van der Waals surface area (Å²) >= 11 is 0. The van der Waals surface area contributed by atoms with E-state index < -0.39 is 0 Å². The van der Waals surface area contributed by atoms with Crippen molar-refractivity contribution < 1.29 is 9.59 Å². The molecule has 1 aliphatic heterocycles. The third kappa shape index (κ3) is 1.75. The molecule has 0 spiro atoms. The fourth-order valence-electron chi connectivity index (χ4n) is 2.61. The van der Waals surface area contributed by atoms with Crippen molar-refractivity contribution in [3.8, 4) is 0 Å². The normalized spacial score (nSPS) is 14.2. The minimum absolute atomic E-state index is 0.242. The molecule has 0 bridgehead atoms. The molecule has 5 nitrogen and oxygen atoms in total. The molecule has 2 amide bonds. The van der Waals surface area contributed by atoms with E-state index >= 15 is 0 Å². The Kier molecular flexibility index (Phi) is 2.91. The predicted octanol–water partition coefficient (Wildman–Crippen LogP) is 1.24. The Morgan fingerprint density at radius 2 is 1.90 bits per heavy atom. The van der Waals surface area contributed by atoms with Crippen molar-refractivity contribution in [2.75, 3.05) is 25.9 Å². The van der Waals surface area contributed by atoms with Crippen LogP contribution in [-0.4, -0.2) is 36.9 Å². The quantitative estimate of drug-likeness (QED) is 0.649. The van der Waals surface area contributed by atoms with Crippen molar-refractivity contribution in [2.45, 2.75) is 0 Å². The van der Waals surface area contributed by atoms with Gasteiger partial charge in [-0.1, -0.05) is 12.1 Å². The molecule has 2 aromatic carbocycles. The van der Waals surface area contributed by atoms with Crippen LogP contribution in [0.1, 0.15) is 20.7 Å². The van der Waals surface area contributed by atoms with Gasteiger partial charge in [0.1, 0.15) is 0 Å². The molecule has 3 N–H and O–H groups in total. The van der Waals surface area contributed by atoms with E-state index in [2.05, 4.69) is 5.32 Å². The molecule has 5 heteroatoms. The van der Waals surface area contributed by atoms with E-state index in [-0.39, 0.29) is 11.8 Å². The predicted molar refractivity (Wildman–Crippen MR) is 77.7 cm³/mol. The summed E-state index contributed by atoms with van der Waals surface area (Å²) in [5, 5.41) is 4.48. The second kappa shape index (κ2) is 4.61. The lowest BCUT2D eigenvalue weighted by atomic mass is 9.93. The van der Waals surface area contributed by atoms with Crippen LogP contribution in [0.25, 0.3) is 10.8 Å². The number of carbonyl (C=O) groups is 2. The Morgan fingerprint density at radius 3 is 2.65 bits per heavy atom. The number of nitrogens with one attached hydrogen (secondary N) is 1. The number of likely N-dealkylation sites (N-methyl/N-ethyl adjacent to an activating group) is 1. The Labute approximate surface area is 116 Å². The Morgan fingerprint density at radius 1 is 1.15 bits per heavy atom. The molecule has 20 heavy (non-hydrogen) atoms. The summed E-state index contributed by atoms with van der Waals surface area (Å²) in [6.45, 7) is 0.907. The standard InChI is InChI=1S/C15H15N3O2/c1-17-5-6-18-14(19)11-4-2-3-9-7-10(16)8-12(13(9)11)15(18)20/h2-4,7-8,17H,5-6,16H2,1H3. The molecule has 0 saturated carbocycles. The molecule has 0 fully saturated rings. The molecular formula is C15H15N3O2. The zero-order valence-electron chi connectivity index (χ0n) is 11.1. The maximum absolute atomic E-state index is 12.5. The maximum atomic E-state index is 12.5. The van der Waals surface area contributed by atoms with Crippen LogP contribution in [0.5, 0.6) is 0 Å². The van der Waals surface area contributed by atoms with Gasteiger partial charge in [-0.15, -0.1) is 0 Å². The second-order valence-corrected chi connectivity index (χ2v) is 4.84.